The number of rotatable bonds is 5. The molecule has 0 saturated carbocycles. The normalized spacial score (nSPS) is 10.8. The summed E-state index contributed by atoms with van der Waals surface area (Å²) < 4.78 is 0. The van der Waals surface area contributed by atoms with Gasteiger partial charge in [-0.05, 0) is 35.9 Å². The van der Waals surface area contributed by atoms with E-state index in [0.717, 1.165) is 5.56 Å². The Kier molecular flexibility index (Phi) is 5.29. The molecule has 1 aromatic carbocycles. The molecular formula is C20H14N6. The number of hydrogen-bond acceptors (Lipinski definition) is 6. The van der Waals surface area contributed by atoms with Gasteiger partial charge >= 0.3 is 0 Å². The Hall–Kier alpha value is -4.03. The van der Waals surface area contributed by atoms with Crippen molar-refractivity contribution < 1.29 is 0 Å². The van der Waals surface area contributed by atoms with Crippen LogP contribution in [-0.2, 0) is 0 Å². The summed E-state index contributed by atoms with van der Waals surface area (Å²) in [5.41, 5.74) is 5.55. The van der Waals surface area contributed by atoms with Crippen LogP contribution in [0.5, 0.6) is 0 Å². The van der Waals surface area contributed by atoms with Gasteiger partial charge in [-0.2, -0.15) is 15.6 Å². The molecule has 0 atom stereocenters. The number of nitrogens with zero attached hydrogens (tertiary/aromatic N) is 5. The number of hydrogen-bond donors (Lipinski definition) is 1. The van der Waals surface area contributed by atoms with Crippen LogP contribution in [0.15, 0.2) is 78.2 Å². The van der Waals surface area contributed by atoms with Crippen molar-refractivity contribution in [3.05, 3.63) is 89.9 Å². The quantitative estimate of drug-likeness (QED) is 0.567. The molecule has 0 aliphatic carbocycles. The van der Waals surface area contributed by atoms with Crippen LogP contribution in [-0.4, -0.2) is 15.7 Å². The molecule has 3 rings (SSSR count). The van der Waals surface area contributed by atoms with Crippen molar-refractivity contribution >= 4 is 11.5 Å². The van der Waals surface area contributed by atoms with Crippen LogP contribution < -0.4 is 5.43 Å². The van der Waals surface area contributed by atoms with E-state index >= 15 is 0 Å². The van der Waals surface area contributed by atoms with Crippen LogP contribution in [0.2, 0.25) is 0 Å². The van der Waals surface area contributed by atoms with Crippen molar-refractivity contribution in [1.29, 1.82) is 10.5 Å². The summed E-state index contributed by atoms with van der Waals surface area (Å²) in [6.07, 6.45) is 3.35. The van der Waals surface area contributed by atoms with Crippen LogP contribution in [0, 0.1) is 22.7 Å². The lowest BCUT2D eigenvalue weighted by Crippen LogP contribution is -2.09. The van der Waals surface area contributed by atoms with Crippen LogP contribution in [0.4, 0.5) is 5.82 Å². The fraction of sp³-hybridized carbons (Fsp3) is 0.0500. The van der Waals surface area contributed by atoms with Gasteiger partial charge < -0.3 is 0 Å². The number of nitriles is 2. The number of aromatic nitrogens is 2. The zero-order valence-electron chi connectivity index (χ0n) is 13.7. The molecule has 6 nitrogen and oxygen atoms in total. The van der Waals surface area contributed by atoms with Crippen molar-refractivity contribution in [2.24, 2.45) is 5.10 Å². The molecule has 0 unspecified atom stereocenters. The summed E-state index contributed by atoms with van der Waals surface area (Å²) >= 11 is 0. The average molecular weight is 338 g/mol. The Labute approximate surface area is 151 Å². The van der Waals surface area contributed by atoms with Crippen molar-refractivity contribution in [2.75, 3.05) is 5.43 Å². The molecule has 0 radical (unpaired) electrons. The highest BCUT2D eigenvalue weighted by Crippen LogP contribution is 2.18. The van der Waals surface area contributed by atoms with Gasteiger partial charge in [0.1, 0.15) is 11.5 Å². The van der Waals surface area contributed by atoms with Gasteiger partial charge in [-0.25, -0.2) is 4.98 Å². The van der Waals surface area contributed by atoms with Crippen molar-refractivity contribution in [2.45, 2.75) is 5.92 Å². The molecule has 0 saturated heterocycles. The predicted octanol–water partition coefficient (Wildman–Crippen LogP) is 3.47. The van der Waals surface area contributed by atoms with Crippen molar-refractivity contribution in [3.8, 4) is 12.1 Å². The van der Waals surface area contributed by atoms with Crippen LogP contribution >= 0.6 is 0 Å². The van der Waals surface area contributed by atoms with Gasteiger partial charge in [0.05, 0.1) is 17.8 Å². The fourth-order valence-corrected chi connectivity index (χ4v) is 2.36. The number of anilines is 1. The zero-order chi connectivity index (χ0) is 18.2. The molecule has 0 amide bonds. The van der Waals surface area contributed by atoms with Crippen molar-refractivity contribution in [1.82, 2.24) is 9.97 Å². The van der Waals surface area contributed by atoms with Gasteiger partial charge in [0, 0.05) is 18.0 Å². The van der Waals surface area contributed by atoms with Crippen LogP contribution in [0.25, 0.3) is 0 Å². The third kappa shape index (κ3) is 3.89. The summed E-state index contributed by atoms with van der Waals surface area (Å²) in [7, 11) is 0. The van der Waals surface area contributed by atoms with Crippen LogP contribution in [0.1, 0.15) is 22.7 Å². The molecule has 0 aliphatic heterocycles. The summed E-state index contributed by atoms with van der Waals surface area (Å²) in [5.74, 6) is -0.229. The SMILES string of the molecule is N#CC(C#N)c1cccc(C(=NNc2ccccn2)c2ccccn2)c1. The first-order valence-corrected chi connectivity index (χ1v) is 7.87. The molecule has 0 fully saturated rings. The molecular weight excluding hydrogens is 324 g/mol. The van der Waals surface area contributed by atoms with E-state index in [0.29, 0.717) is 22.8 Å². The molecule has 124 valence electrons. The highest BCUT2D eigenvalue weighted by Gasteiger charge is 2.13. The first-order valence-electron chi connectivity index (χ1n) is 7.87. The minimum absolute atomic E-state index is 0.590. The molecule has 26 heavy (non-hydrogen) atoms. The fourth-order valence-electron chi connectivity index (χ4n) is 2.36. The number of benzene rings is 1. The van der Waals surface area contributed by atoms with Crippen LogP contribution in [0.3, 0.4) is 0 Å². The predicted molar refractivity (Wildman–Crippen MR) is 98.1 cm³/mol. The maximum absolute atomic E-state index is 9.14. The number of hydrazone groups is 1. The molecule has 6 heteroatoms. The van der Waals surface area contributed by atoms with Gasteiger partial charge in [-0.15, -0.1) is 0 Å². The van der Waals surface area contributed by atoms with E-state index in [4.69, 9.17) is 10.5 Å². The molecule has 0 spiro atoms. The van der Waals surface area contributed by atoms with E-state index < -0.39 is 5.92 Å². The molecule has 3 aromatic rings. The second kappa shape index (κ2) is 8.18. The maximum Gasteiger partial charge on any atom is 0.158 e. The van der Waals surface area contributed by atoms with E-state index in [-0.39, 0.29) is 0 Å². The minimum Gasteiger partial charge on any atom is -0.261 e. The van der Waals surface area contributed by atoms with Gasteiger partial charge in [0.25, 0.3) is 0 Å². The van der Waals surface area contributed by atoms with Gasteiger partial charge in [-0.1, -0.05) is 30.3 Å². The first kappa shape index (κ1) is 16.8. The van der Waals surface area contributed by atoms with Gasteiger partial charge in [0.2, 0.25) is 0 Å². The topological polar surface area (TPSA) is 97.8 Å². The smallest absolute Gasteiger partial charge is 0.158 e. The Balaban J connectivity index is 2.03. The third-order valence-electron chi connectivity index (χ3n) is 3.61. The van der Waals surface area contributed by atoms with Gasteiger partial charge in [0.15, 0.2) is 5.92 Å². The molecule has 1 N–H and O–H groups in total. The summed E-state index contributed by atoms with van der Waals surface area (Å²) in [6, 6.07) is 22.2. The molecule has 0 bridgehead atoms. The second-order valence-corrected chi connectivity index (χ2v) is 5.32. The van der Waals surface area contributed by atoms with Crippen molar-refractivity contribution in [3.63, 3.8) is 0 Å². The summed E-state index contributed by atoms with van der Waals surface area (Å²) in [4.78, 5) is 8.55. The number of pyridine rings is 2. The monoisotopic (exact) mass is 338 g/mol. The zero-order valence-corrected chi connectivity index (χ0v) is 13.7. The Morgan fingerprint density at radius 1 is 0.923 bits per heavy atom. The highest BCUT2D eigenvalue weighted by atomic mass is 15.3. The Morgan fingerprint density at radius 3 is 2.35 bits per heavy atom. The lowest BCUT2D eigenvalue weighted by molar-refractivity contribution is 1.10. The lowest BCUT2D eigenvalue weighted by atomic mass is 9.97. The minimum atomic E-state index is -0.830. The average Bonchev–Trinajstić information content (AvgIpc) is 2.71. The van der Waals surface area contributed by atoms with Gasteiger partial charge in [-0.3, -0.25) is 10.4 Å². The van der Waals surface area contributed by atoms with E-state index in [2.05, 4.69) is 20.5 Å². The molecule has 2 aromatic heterocycles. The van der Waals surface area contributed by atoms with E-state index in [1.165, 1.54) is 0 Å². The largest absolute Gasteiger partial charge is 0.261 e. The third-order valence-corrected chi connectivity index (χ3v) is 3.61. The Morgan fingerprint density at radius 2 is 1.69 bits per heavy atom. The molecule has 2 heterocycles. The number of nitrogens with one attached hydrogen (secondary N) is 1. The second-order valence-electron chi connectivity index (χ2n) is 5.32. The highest BCUT2D eigenvalue weighted by molar-refractivity contribution is 6.12. The lowest BCUT2D eigenvalue weighted by Gasteiger charge is -2.09. The first-order chi connectivity index (χ1) is 12.8. The summed E-state index contributed by atoms with van der Waals surface area (Å²) in [5, 5.41) is 22.7. The van der Waals surface area contributed by atoms with E-state index in [1.54, 1.807) is 36.7 Å². The molecule has 0 aliphatic rings. The summed E-state index contributed by atoms with van der Waals surface area (Å²) in [6.45, 7) is 0. The van der Waals surface area contributed by atoms with E-state index in [1.807, 2.05) is 48.5 Å². The maximum atomic E-state index is 9.14. The standard InChI is InChI=1S/C20H14N6/c21-13-17(14-22)15-6-5-7-16(12-15)20(18-8-1-3-10-23-18)26-25-19-9-2-4-11-24-19/h1-12,17H,(H,24,25). The Bertz CT molecular complexity index is 970. The van der Waals surface area contributed by atoms with E-state index in [9.17, 15) is 0 Å².